The third-order valence-electron chi connectivity index (χ3n) is 5.91. The van der Waals surface area contributed by atoms with Crippen molar-refractivity contribution in [3.05, 3.63) is 52.8 Å². The molecule has 0 aromatic heterocycles. The maximum atomic E-state index is 14.1. The van der Waals surface area contributed by atoms with E-state index in [-0.39, 0.29) is 35.0 Å². The summed E-state index contributed by atoms with van der Waals surface area (Å²) < 4.78 is 52.3. The minimum Gasteiger partial charge on any atom is -0.507 e. The topological polar surface area (TPSA) is 59.0 Å². The first kappa shape index (κ1) is 23.8. The second-order valence-electron chi connectivity index (χ2n) is 8.56. The van der Waals surface area contributed by atoms with Gasteiger partial charge in [-0.25, -0.2) is 13.2 Å². The van der Waals surface area contributed by atoms with Crippen LogP contribution in [0.4, 0.5) is 13.2 Å². The lowest BCUT2D eigenvalue weighted by atomic mass is 9.85. The molecule has 1 aliphatic rings. The van der Waals surface area contributed by atoms with Crippen molar-refractivity contribution in [2.75, 3.05) is 27.3 Å². The van der Waals surface area contributed by atoms with Crippen LogP contribution in [0.15, 0.2) is 24.3 Å². The van der Waals surface area contributed by atoms with E-state index in [2.05, 4.69) is 13.8 Å². The van der Waals surface area contributed by atoms with Gasteiger partial charge in [0.1, 0.15) is 17.2 Å². The maximum absolute atomic E-state index is 14.1. The summed E-state index contributed by atoms with van der Waals surface area (Å²) in [7, 11) is 2.79. The molecular weight excluding hydrogens is 423 g/mol. The van der Waals surface area contributed by atoms with E-state index in [4.69, 9.17) is 9.47 Å². The molecule has 1 fully saturated rings. The number of nitrogens with zero attached hydrogens (tertiary/aromatic N) is 1. The largest absolute Gasteiger partial charge is 0.507 e. The third-order valence-corrected chi connectivity index (χ3v) is 5.91. The van der Waals surface area contributed by atoms with E-state index < -0.39 is 23.4 Å². The second kappa shape index (κ2) is 9.71. The number of carbonyl (C=O) groups excluding carboxylic acids is 1. The molecule has 0 aliphatic carbocycles. The van der Waals surface area contributed by atoms with Crippen LogP contribution in [-0.4, -0.2) is 43.2 Å². The average Bonchev–Trinajstić information content (AvgIpc) is 2.74. The van der Waals surface area contributed by atoms with Crippen LogP contribution in [0.5, 0.6) is 17.2 Å². The minimum atomic E-state index is -1.59. The van der Waals surface area contributed by atoms with Crippen LogP contribution in [0, 0.1) is 29.3 Å². The zero-order valence-electron chi connectivity index (χ0n) is 18.6. The Morgan fingerprint density at radius 3 is 2.19 bits per heavy atom. The van der Waals surface area contributed by atoms with E-state index in [1.807, 2.05) is 0 Å². The van der Waals surface area contributed by atoms with Gasteiger partial charge >= 0.3 is 0 Å². The molecule has 1 heterocycles. The molecule has 0 radical (unpaired) electrons. The van der Waals surface area contributed by atoms with E-state index in [0.29, 0.717) is 30.7 Å². The Morgan fingerprint density at radius 1 is 1.06 bits per heavy atom. The summed E-state index contributed by atoms with van der Waals surface area (Å²) in [6, 6.07) is 4.53. The van der Waals surface area contributed by atoms with Crippen molar-refractivity contribution >= 4 is 5.91 Å². The average molecular weight is 451 g/mol. The van der Waals surface area contributed by atoms with Crippen LogP contribution in [-0.2, 0) is 4.79 Å². The molecule has 174 valence electrons. The molecule has 8 heteroatoms. The predicted octanol–water partition coefficient (Wildman–Crippen LogP) is 4.85. The van der Waals surface area contributed by atoms with Crippen LogP contribution in [0.1, 0.15) is 43.7 Å². The third kappa shape index (κ3) is 4.95. The van der Waals surface area contributed by atoms with Gasteiger partial charge in [-0.2, -0.15) is 0 Å². The number of aromatic hydroxyl groups is 1. The van der Waals surface area contributed by atoms with Gasteiger partial charge in [0, 0.05) is 43.1 Å². The highest BCUT2D eigenvalue weighted by Crippen LogP contribution is 2.43. The van der Waals surface area contributed by atoms with Crippen LogP contribution >= 0.6 is 0 Å². The molecule has 0 saturated carbocycles. The molecule has 2 aromatic rings. The standard InChI is InChI=1S/C24H28F3NO4/c1-13-5-14(2)12-28(11-13)22(30)10-17(15-6-18(25)24(27)19(26)7-15)23-20(29)8-16(31-3)9-21(23)32-4/h6-9,13-14,17,29H,5,10-12H2,1-4H3. The Balaban J connectivity index is 2.08. The molecule has 0 bridgehead atoms. The summed E-state index contributed by atoms with van der Waals surface area (Å²) in [6.45, 7) is 5.29. The van der Waals surface area contributed by atoms with Crippen molar-refractivity contribution in [1.29, 1.82) is 0 Å². The van der Waals surface area contributed by atoms with Crippen molar-refractivity contribution < 1.29 is 32.5 Å². The fourth-order valence-corrected chi connectivity index (χ4v) is 4.56. The number of methoxy groups -OCH3 is 2. The number of benzene rings is 2. The molecule has 3 unspecified atom stereocenters. The van der Waals surface area contributed by atoms with Crippen molar-refractivity contribution in [2.45, 2.75) is 32.6 Å². The highest BCUT2D eigenvalue weighted by Gasteiger charge is 2.32. The summed E-state index contributed by atoms with van der Waals surface area (Å²) in [6.07, 6.45) is 0.828. The lowest BCUT2D eigenvalue weighted by Gasteiger charge is -2.36. The minimum absolute atomic E-state index is 0.0200. The zero-order valence-corrected chi connectivity index (χ0v) is 18.6. The lowest BCUT2D eigenvalue weighted by Crippen LogP contribution is -2.43. The molecule has 1 aliphatic heterocycles. The first-order valence-electron chi connectivity index (χ1n) is 10.5. The highest BCUT2D eigenvalue weighted by molar-refractivity contribution is 5.78. The summed E-state index contributed by atoms with van der Waals surface area (Å²) in [5.41, 5.74) is 0.191. The first-order chi connectivity index (χ1) is 15.1. The maximum Gasteiger partial charge on any atom is 0.223 e. The fourth-order valence-electron chi connectivity index (χ4n) is 4.56. The monoisotopic (exact) mass is 451 g/mol. The van der Waals surface area contributed by atoms with E-state index in [0.717, 1.165) is 18.6 Å². The molecule has 0 spiro atoms. The number of amides is 1. The van der Waals surface area contributed by atoms with Gasteiger partial charge in [-0.05, 0) is 36.0 Å². The fraction of sp³-hybridized carbons (Fsp3) is 0.458. The predicted molar refractivity (Wildman–Crippen MR) is 114 cm³/mol. The molecule has 1 saturated heterocycles. The molecule has 3 rings (SSSR count). The zero-order chi connectivity index (χ0) is 23.6. The smallest absolute Gasteiger partial charge is 0.223 e. The van der Waals surface area contributed by atoms with Crippen molar-refractivity contribution in [3.63, 3.8) is 0 Å². The number of hydrogen-bond donors (Lipinski definition) is 1. The number of carbonyl (C=O) groups is 1. The van der Waals surface area contributed by atoms with Gasteiger partial charge in [0.25, 0.3) is 0 Å². The Hall–Kier alpha value is -2.90. The lowest BCUT2D eigenvalue weighted by molar-refractivity contribution is -0.134. The van der Waals surface area contributed by atoms with Crippen LogP contribution < -0.4 is 9.47 Å². The second-order valence-corrected chi connectivity index (χ2v) is 8.56. The SMILES string of the molecule is COc1cc(O)c(C(CC(=O)N2CC(C)CC(C)C2)c2cc(F)c(F)c(F)c2)c(OC)c1. The number of ether oxygens (including phenoxy) is 2. The molecule has 2 aromatic carbocycles. The Morgan fingerprint density at radius 2 is 1.66 bits per heavy atom. The molecule has 5 nitrogen and oxygen atoms in total. The number of phenols is 1. The van der Waals surface area contributed by atoms with Gasteiger partial charge < -0.3 is 19.5 Å². The van der Waals surface area contributed by atoms with E-state index in [1.165, 1.54) is 26.4 Å². The molecule has 1 N–H and O–H groups in total. The van der Waals surface area contributed by atoms with Gasteiger partial charge in [-0.1, -0.05) is 13.8 Å². The van der Waals surface area contributed by atoms with E-state index >= 15 is 0 Å². The number of phenolic OH excluding ortho intramolecular Hbond substituents is 1. The number of hydrogen-bond acceptors (Lipinski definition) is 4. The summed E-state index contributed by atoms with van der Waals surface area (Å²) in [5.74, 6) is -4.65. The Kier molecular flexibility index (Phi) is 7.21. The van der Waals surface area contributed by atoms with Gasteiger partial charge in [-0.3, -0.25) is 4.79 Å². The van der Waals surface area contributed by atoms with Gasteiger partial charge in [0.2, 0.25) is 5.91 Å². The highest BCUT2D eigenvalue weighted by atomic mass is 19.2. The van der Waals surface area contributed by atoms with Gasteiger partial charge in [0.05, 0.1) is 14.2 Å². The number of halogens is 3. The van der Waals surface area contributed by atoms with Gasteiger partial charge in [-0.15, -0.1) is 0 Å². The number of piperidine rings is 1. The first-order valence-corrected chi connectivity index (χ1v) is 10.5. The Bertz CT molecular complexity index is 964. The summed E-state index contributed by atoms with van der Waals surface area (Å²) in [4.78, 5) is 15.0. The quantitative estimate of drug-likeness (QED) is 0.638. The molecule has 32 heavy (non-hydrogen) atoms. The Labute approximate surface area is 185 Å². The number of likely N-dealkylation sites (tertiary alicyclic amines) is 1. The summed E-state index contributed by atoms with van der Waals surface area (Å²) in [5, 5.41) is 10.7. The molecular formula is C24H28F3NO4. The number of rotatable bonds is 6. The van der Waals surface area contributed by atoms with Crippen molar-refractivity contribution in [1.82, 2.24) is 4.90 Å². The van der Waals surface area contributed by atoms with Crippen LogP contribution in [0.2, 0.25) is 0 Å². The van der Waals surface area contributed by atoms with Crippen molar-refractivity contribution in [2.24, 2.45) is 11.8 Å². The summed E-state index contributed by atoms with van der Waals surface area (Å²) >= 11 is 0. The van der Waals surface area contributed by atoms with Gasteiger partial charge in [0.15, 0.2) is 17.5 Å². The normalized spacial score (nSPS) is 19.5. The van der Waals surface area contributed by atoms with Crippen LogP contribution in [0.3, 0.4) is 0 Å². The molecule has 3 atom stereocenters. The van der Waals surface area contributed by atoms with Crippen molar-refractivity contribution in [3.8, 4) is 17.2 Å². The molecule has 1 amide bonds. The van der Waals surface area contributed by atoms with Crippen LogP contribution in [0.25, 0.3) is 0 Å². The van der Waals surface area contributed by atoms with E-state index in [9.17, 15) is 23.1 Å². The van der Waals surface area contributed by atoms with E-state index in [1.54, 1.807) is 4.90 Å².